The lowest BCUT2D eigenvalue weighted by atomic mass is 9.69. The van der Waals surface area contributed by atoms with Gasteiger partial charge in [-0.3, -0.25) is 4.79 Å². The Hall–Kier alpha value is -0.570. The Morgan fingerprint density at radius 3 is 2.71 bits per heavy atom. The van der Waals surface area contributed by atoms with Crippen LogP contribution in [0.25, 0.3) is 0 Å². The Morgan fingerprint density at radius 1 is 1.36 bits per heavy atom. The second-order valence-corrected chi connectivity index (χ2v) is 5.31. The Morgan fingerprint density at radius 2 is 2.14 bits per heavy atom. The number of ether oxygens (including phenoxy) is 1. The molecule has 0 radical (unpaired) electrons. The molecule has 3 heteroatoms. The predicted octanol–water partition coefficient (Wildman–Crippen LogP) is 1.47. The van der Waals surface area contributed by atoms with Gasteiger partial charge in [0.15, 0.2) is 0 Å². The first-order valence-corrected chi connectivity index (χ1v) is 5.42. The molecular formula is C11H19NO2. The van der Waals surface area contributed by atoms with Crippen LogP contribution in [0.15, 0.2) is 0 Å². The van der Waals surface area contributed by atoms with Gasteiger partial charge in [-0.05, 0) is 38.5 Å². The molecule has 2 rings (SSSR count). The van der Waals surface area contributed by atoms with Gasteiger partial charge in [-0.25, -0.2) is 0 Å². The van der Waals surface area contributed by atoms with Crippen molar-refractivity contribution < 1.29 is 9.53 Å². The molecule has 2 heterocycles. The highest BCUT2D eigenvalue weighted by Gasteiger charge is 2.42. The van der Waals surface area contributed by atoms with Crippen molar-refractivity contribution in [2.24, 2.45) is 5.41 Å². The van der Waals surface area contributed by atoms with Crippen molar-refractivity contribution in [2.45, 2.75) is 45.1 Å². The van der Waals surface area contributed by atoms with Gasteiger partial charge >= 0.3 is 0 Å². The zero-order valence-corrected chi connectivity index (χ0v) is 9.06. The second kappa shape index (κ2) is 3.23. The van der Waals surface area contributed by atoms with Crippen LogP contribution >= 0.6 is 0 Å². The Bertz CT molecular complexity index is 238. The number of piperidine rings is 1. The summed E-state index contributed by atoms with van der Waals surface area (Å²) in [7, 11) is 0. The summed E-state index contributed by atoms with van der Waals surface area (Å²) in [5.41, 5.74) is 0.302. The predicted molar refractivity (Wildman–Crippen MR) is 53.9 cm³/mol. The first-order valence-electron chi connectivity index (χ1n) is 5.42. The van der Waals surface area contributed by atoms with E-state index in [1.165, 1.54) is 0 Å². The summed E-state index contributed by atoms with van der Waals surface area (Å²) >= 11 is 0. The summed E-state index contributed by atoms with van der Waals surface area (Å²) in [6, 6.07) is 0. The van der Waals surface area contributed by atoms with E-state index in [0.29, 0.717) is 11.8 Å². The van der Waals surface area contributed by atoms with Gasteiger partial charge in [-0.2, -0.15) is 0 Å². The molecule has 2 saturated heterocycles. The number of rotatable bonds is 0. The van der Waals surface area contributed by atoms with Crippen molar-refractivity contribution in [3.05, 3.63) is 0 Å². The largest absolute Gasteiger partial charge is 0.376 e. The van der Waals surface area contributed by atoms with E-state index in [1.807, 2.05) is 0 Å². The lowest BCUT2D eigenvalue weighted by molar-refractivity contribution is -0.134. The molecule has 3 nitrogen and oxygen atoms in total. The fourth-order valence-electron chi connectivity index (χ4n) is 2.79. The molecule has 0 aromatic heterocycles. The molecule has 0 saturated carbocycles. The fourth-order valence-corrected chi connectivity index (χ4v) is 2.79. The molecule has 0 aromatic rings. The standard InChI is InChI=1S/C11H19NO2/c1-10(2)7-11(5-6-14-10)4-3-9(13)12-8-11/h3-8H2,1-2H3,(H,12,13). The monoisotopic (exact) mass is 197 g/mol. The number of carbonyl (C=O) groups excluding carboxylic acids is 1. The normalized spacial score (nSPS) is 36.9. The molecule has 2 aliphatic heterocycles. The highest BCUT2D eigenvalue weighted by atomic mass is 16.5. The summed E-state index contributed by atoms with van der Waals surface area (Å²) in [6.07, 6.45) is 3.89. The van der Waals surface area contributed by atoms with Gasteiger partial charge in [0.1, 0.15) is 0 Å². The van der Waals surface area contributed by atoms with Crippen molar-refractivity contribution in [1.29, 1.82) is 0 Å². The molecule has 1 atom stereocenters. The van der Waals surface area contributed by atoms with Gasteiger partial charge in [0.05, 0.1) is 5.60 Å². The van der Waals surface area contributed by atoms with Gasteiger partial charge in [0.2, 0.25) is 5.91 Å². The average Bonchev–Trinajstić information content (AvgIpc) is 2.09. The minimum Gasteiger partial charge on any atom is -0.376 e. The number of hydrogen-bond donors (Lipinski definition) is 1. The van der Waals surface area contributed by atoms with E-state index in [0.717, 1.165) is 32.4 Å². The second-order valence-electron chi connectivity index (χ2n) is 5.31. The fraction of sp³-hybridized carbons (Fsp3) is 0.909. The molecule has 1 unspecified atom stereocenters. The van der Waals surface area contributed by atoms with Crippen LogP contribution in [0.5, 0.6) is 0 Å². The van der Waals surface area contributed by atoms with Crippen LogP contribution in [0.1, 0.15) is 39.5 Å². The smallest absolute Gasteiger partial charge is 0.220 e. The van der Waals surface area contributed by atoms with E-state index >= 15 is 0 Å². The molecule has 2 aliphatic rings. The molecule has 80 valence electrons. The number of hydrogen-bond acceptors (Lipinski definition) is 2. The third-order valence-corrected chi connectivity index (χ3v) is 3.47. The summed E-state index contributed by atoms with van der Waals surface area (Å²) in [4.78, 5) is 11.1. The molecule has 2 fully saturated rings. The summed E-state index contributed by atoms with van der Waals surface area (Å²) in [6.45, 7) is 5.97. The molecule has 1 amide bonds. The van der Waals surface area contributed by atoms with Gasteiger partial charge in [-0.1, -0.05) is 0 Å². The maximum absolute atomic E-state index is 11.1. The maximum atomic E-state index is 11.1. The SMILES string of the molecule is CC1(C)CC2(CCO1)CCC(=O)NC2. The zero-order chi connectivity index (χ0) is 10.2. The van der Waals surface area contributed by atoms with E-state index in [-0.39, 0.29) is 11.5 Å². The summed E-state index contributed by atoms with van der Waals surface area (Å²) in [5, 5.41) is 2.99. The van der Waals surface area contributed by atoms with Crippen LogP contribution in [-0.4, -0.2) is 24.7 Å². The van der Waals surface area contributed by atoms with E-state index in [2.05, 4.69) is 19.2 Å². The molecule has 14 heavy (non-hydrogen) atoms. The molecule has 0 bridgehead atoms. The van der Waals surface area contributed by atoms with E-state index in [9.17, 15) is 4.79 Å². The zero-order valence-electron chi connectivity index (χ0n) is 9.06. The third-order valence-electron chi connectivity index (χ3n) is 3.47. The molecule has 1 N–H and O–H groups in total. The van der Waals surface area contributed by atoms with Crippen molar-refractivity contribution >= 4 is 5.91 Å². The van der Waals surface area contributed by atoms with Crippen LogP contribution in [0, 0.1) is 5.41 Å². The molecule has 0 aliphatic carbocycles. The van der Waals surface area contributed by atoms with Gasteiger partial charge in [-0.15, -0.1) is 0 Å². The minimum absolute atomic E-state index is 0.0136. The Kier molecular flexibility index (Phi) is 2.30. The van der Waals surface area contributed by atoms with Gasteiger partial charge < -0.3 is 10.1 Å². The maximum Gasteiger partial charge on any atom is 0.220 e. The van der Waals surface area contributed by atoms with Crippen molar-refractivity contribution in [2.75, 3.05) is 13.2 Å². The lowest BCUT2D eigenvalue weighted by Gasteiger charge is -2.46. The average molecular weight is 197 g/mol. The van der Waals surface area contributed by atoms with Crippen LogP contribution in [0.2, 0.25) is 0 Å². The molecule has 1 spiro atoms. The Labute approximate surface area is 85.2 Å². The van der Waals surface area contributed by atoms with Gasteiger partial charge in [0, 0.05) is 19.6 Å². The summed E-state index contributed by atoms with van der Waals surface area (Å²) < 4.78 is 5.71. The van der Waals surface area contributed by atoms with E-state index < -0.39 is 0 Å². The third kappa shape index (κ3) is 1.92. The quantitative estimate of drug-likeness (QED) is 0.638. The Balaban J connectivity index is 2.05. The van der Waals surface area contributed by atoms with Crippen LogP contribution in [0.4, 0.5) is 0 Å². The van der Waals surface area contributed by atoms with Crippen molar-refractivity contribution in [3.8, 4) is 0 Å². The molecular weight excluding hydrogens is 178 g/mol. The van der Waals surface area contributed by atoms with E-state index in [1.54, 1.807) is 0 Å². The van der Waals surface area contributed by atoms with Crippen LogP contribution < -0.4 is 5.32 Å². The van der Waals surface area contributed by atoms with Crippen molar-refractivity contribution in [1.82, 2.24) is 5.32 Å². The first kappa shape index (κ1) is 9.97. The van der Waals surface area contributed by atoms with Crippen LogP contribution in [0.3, 0.4) is 0 Å². The minimum atomic E-state index is -0.0136. The number of nitrogens with one attached hydrogen (secondary N) is 1. The highest BCUT2D eigenvalue weighted by Crippen LogP contribution is 2.43. The summed E-state index contributed by atoms with van der Waals surface area (Å²) in [5.74, 6) is 0.208. The first-order chi connectivity index (χ1) is 6.52. The molecule has 0 aromatic carbocycles. The number of carbonyl (C=O) groups is 1. The van der Waals surface area contributed by atoms with Crippen molar-refractivity contribution in [3.63, 3.8) is 0 Å². The van der Waals surface area contributed by atoms with E-state index in [4.69, 9.17) is 4.74 Å². The highest BCUT2D eigenvalue weighted by molar-refractivity contribution is 5.76. The van der Waals surface area contributed by atoms with Crippen LogP contribution in [-0.2, 0) is 9.53 Å². The van der Waals surface area contributed by atoms with Gasteiger partial charge in [0.25, 0.3) is 0 Å². The lowest BCUT2D eigenvalue weighted by Crippen LogP contribution is -2.50. The number of amides is 1. The topological polar surface area (TPSA) is 38.3 Å².